The first-order valence-corrected chi connectivity index (χ1v) is 10.3. The number of methoxy groups -OCH3 is 1. The predicted molar refractivity (Wildman–Crippen MR) is 120 cm³/mol. The second-order valence-corrected chi connectivity index (χ2v) is 7.48. The highest BCUT2D eigenvalue weighted by Crippen LogP contribution is 2.34. The van der Waals surface area contributed by atoms with Crippen LogP contribution in [0.15, 0.2) is 78.9 Å². The Morgan fingerprint density at radius 2 is 1.52 bits per heavy atom. The second-order valence-electron chi connectivity index (χ2n) is 7.48. The zero-order chi connectivity index (χ0) is 20.5. The normalized spacial score (nSPS) is 12.0. The van der Waals surface area contributed by atoms with Crippen LogP contribution in [0.25, 0.3) is 0 Å². The maximum Gasteiger partial charge on any atom is 0.122 e. The van der Waals surface area contributed by atoms with Crippen LogP contribution >= 0.6 is 0 Å². The van der Waals surface area contributed by atoms with E-state index in [1.54, 1.807) is 7.11 Å². The molecule has 3 aromatic carbocycles. The molecular weight excluding hydrogens is 358 g/mol. The van der Waals surface area contributed by atoms with E-state index >= 15 is 0 Å². The molecule has 1 atom stereocenters. The molecule has 0 heterocycles. The van der Waals surface area contributed by atoms with Crippen molar-refractivity contribution in [2.45, 2.75) is 38.8 Å². The first kappa shape index (κ1) is 20.9. The number of hydrogen-bond acceptors (Lipinski definition) is 3. The van der Waals surface area contributed by atoms with Gasteiger partial charge < -0.3 is 14.8 Å². The topological polar surface area (TPSA) is 30.5 Å². The van der Waals surface area contributed by atoms with Crippen molar-refractivity contribution in [2.24, 2.45) is 0 Å². The maximum absolute atomic E-state index is 5.81. The molecule has 3 heteroatoms. The zero-order valence-electron chi connectivity index (χ0n) is 17.6. The lowest BCUT2D eigenvalue weighted by atomic mass is 9.88. The van der Waals surface area contributed by atoms with Gasteiger partial charge in [0, 0.05) is 18.0 Å². The van der Waals surface area contributed by atoms with Gasteiger partial charge in [0.2, 0.25) is 0 Å². The summed E-state index contributed by atoms with van der Waals surface area (Å²) in [6.45, 7) is 5.89. The van der Waals surface area contributed by atoms with Crippen LogP contribution in [0.5, 0.6) is 11.5 Å². The average molecular weight is 390 g/mol. The molecule has 29 heavy (non-hydrogen) atoms. The molecule has 0 amide bonds. The molecule has 0 bridgehead atoms. The first-order valence-electron chi connectivity index (χ1n) is 10.3. The van der Waals surface area contributed by atoms with Crippen LogP contribution in [-0.2, 0) is 6.54 Å². The molecule has 0 aliphatic carbocycles. The van der Waals surface area contributed by atoms with Crippen molar-refractivity contribution >= 4 is 0 Å². The number of hydrogen-bond donors (Lipinski definition) is 1. The molecule has 3 nitrogen and oxygen atoms in total. The Bertz CT molecular complexity index is 859. The van der Waals surface area contributed by atoms with Crippen molar-refractivity contribution in [3.05, 3.63) is 95.6 Å². The minimum atomic E-state index is 0.174. The van der Waals surface area contributed by atoms with Crippen LogP contribution in [0.3, 0.4) is 0 Å². The number of nitrogens with one attached hydrogen (secondary N) is 1. The minimum absolute atomic E-state index is 0.174. The molecule has 1 N–H and O–H groups in total. The van der Waals surface area contributed by atoms with E-state index in [9.17, 15) is 0 Å². The van der Waals surface area contributed by atoms with Gasteiger partial charge in [-0.05, 0) is 56.1 Å². The van der Waals surface area contributed by atoms with Crippen LogP contribution in [-0.4, -0.2) is 19.8 Å². The maximum atomic E-state index is 5.81. The van der Waals surface area contributed by atoms with Crippen molar-refractivity contribution in [2.75, 3.05) is 13.7 Å². The Labute approximate surface area is 174 Å². The summed E-state index contributed by atoms with van der Waals surface area (Å²) in [7, 11) is 1.74. The fraction of sp³-hybridized carbons (Fsp3) is 0.308. The van der Waals surface area contributed by atoms with E-state index in [-0.39, 0.29) is 12.0 Å². The van der Waals surface area contributed by atoms with Crippen LogP contribution < -0.4 is 14.8 Å². The standard InChI is InChI=1S/C26H31NO2/c1-20(2)29-23-15-13-22(14-16-23)24(25-11-7-8-12-26(25)28-3)17-18-27-19-21-9-5-4-6-10-21/h4-16,20,24,27H,17-19H2,1-3H3/t24-/m1/s1. The fourth-order valence-corrected chi connectivity index (χ4v) is 3.58. The number of para-hydroxylation sites is 1. The summed E-state index contributed by atoms with van der Waals surface area (Å²) in [6.07, 6.45) is 1.16. The van der Waals surface area contributed by atoms with E-state index in [2.05, 4.69) is 66.0 Å². The largest absolute Gasteiger partial charge is 0.496 e. The number of rotatable bonds is 10. The first-order chi connectivity index (χ1) is 14.2. The van der Waals surface area contributed by atoms with E-state index in [0.29, 0.717) is 0 Å². The molecule has 0 aliphatic heterocycles. The van der Waals surface area contributed by atoms with Crippen molar-refractivity contribution in [1.29, 1.82) is 0 Å². The van der Waals surface area contributed by atoms with E-state index in [1.165, 1.54) is 16.7 Å². The Kier molecular flexibility index (Phi) is 7.71. The molecule has 152 valence electrons. The lowest BCUT2D eigenvalue weighted by Crippen LogP contribution is -2.18. The molecule has 0 saturated carbocycles. The van der Waals surface area contributed by atoms with E-state index in [1.807, 2.05) is 32.0 Å². The summed E-state index contributed by atoms with van der Waals surface area (Å²) in [4.78, 5) is 0. The molecule has 0 radical (unpaired) electrons. The molecule has 0 fully saturated rings. The molecule has 3 rings (SSSR count). The number of benzene rings is 3. The lowest BCUT2D eigenvalue weighted by molar-refractivity contribution is 0.242. The van der Waals surface area contributed by atoms with Gasteiger partial charge in [-0.2, -0.15) is 0 Å². The monoisotopic (exact) mass is 389 g/mol. The van der Waals surface area contributed by atoms with E-state index < -0.39 is 0 Å². The van der Waals surface area contributed by atoms with Gasteiger partial charge in [0.05, 0.1) is 13.2 Å². The smallest absolute Gasteiger partial charge is 0.122 e. The molecule has 0 aromatic heterocycles. The molecular formula is C26H31NO2. The summed E-state index contributed by atoms with van der Waals surface area (Å²) >= 11 is 0. The van der Waals surface area contributed by atoms with Gasteiger partial charge in [-0.1, -0.05) is 60.7 Å². The third-order valence-electron chi connectivity index (χ3n) is 4.95. The Morgan fingerprint density at radius 3 is 2.21 bits per heavy atom. The van der Waals surface area contributed by atoms with Crippen LogP contribution in [0.1, 0.15) is 42.9 Å². The van der Waals surface area contributed by atoms with Crippen LogP contribution in [0, 0.1) is 0 Å². The van der Waals surface area contributed by atoms with Gasteiger partial charge in [0.25, 0.3) is 0 Å². The van der Waals surface area contributed by atoms with Crippen molar-refractivity contribution in [1.82, 2.24) is 5.32 Å². The van der Waals surface area contributed by atoms with Gasteiger partial charge in [-0.25, -0.2) is 0 Å². The van der Waals surface area contributed by atoms with Gasteiger partial charge in [-0.15, -0.1) is 0 Å². The van der Waals surface area contributed by atoms with E-state index in [0.717, 1.165) is 31.0 Å². The van der Waals surface area contributed by atoms with Crippen molar-refractivity contribution < 1.29 is 9.47 Å². The highest BCUT2D eigenvalue weighted by atomic mass is 16.5. The Morgan fingerprint density at radius 1 is 0.828 bits per heavy atom. The minimum Gasteiger partial charge on any atom is -0.496 e. The van der Waals surface area contributed by atoms with Gasteiger partial charge in [0.1, 0.15) is 11.5 Å². The molecule has 0 saturated heterocycles. The predicted octanol–water partition coefficient (Wildman–Crippen LogP) is 5.79. The third-order valence-corrected chi connectivity index (χ3v) is 4.95. The quantitative estimate of drug-likeness (QED) is 0.445. The van der Waals surface area contributed by atoms with Gasteiger partial charge >= 0.3 is 0 Å². The summed E-state index contributed by atoms with van der Waals surface area (Å²) in [5.74, 6) is 2.09. The molecule has 3 aromatic rings. The highest BCUT2D eigenvalue weighted by Gasteiger charge is 2.18. The van der Waals surface area contributed by atoms with Gasteiger partial charge in [-0.3, -0.25) is 0 Å². The van der Waals surface area contributed by atoms with Crippen molar-refractivity contribution in [3.8, 4) is 11.5 Å². The van der Waals surface area contributed by atoms with Crippen molar-refractivity contribution in [3.63, 3.8) is 0 Å². The summed E-state index contributed by atoms with van der Waals surface area (Å²) in [5, 5.41) is 3.58. The molecule has 0 spiro atoms. The van der Waals surface area contributed by atoms with Crippen LogP contribution in [0.4, 0.5) is 0 Å². The highest BCUT2D eigenvalue weighted by molar-refractivity contribution is 5.43. The lowest BCUT2D eigenvalue weighted by Gasteiger charge is -2.21. The summed E-state index contributed by atoms with van der Waals surface area (Å²) < 4.78 is 11.5. The Hall–Kier alpha value is -2.78. The zero-order valence-corrected chi connectivity index (χ0v) is 17.6. The van der Waals surface area contributed by atoms with Gasteiger partial charge in [0.15, 0.2) is 0 Å². The van der Waals surface area contributed by atoms with E-state index in [4.69, 9.17) is 9.47 Å². The second kappa shape index (κ2) is 10.7. The number of ether oxygens (including phenoxy) is 2. The fourth-order valence-electron chi connectivity index (χ4n) is 3.58. The SMILES string of the molecule is COc1ccccc1[C@H](CCNCc1ccccc1)c1ccc(OC(C)C)cc1. The molecule has 0 aliphatic rings. The third kappa shape index (κ3) is 6.10. The van der Waals surface area contributed by atoms with Crippen LogP contribution in [0.2, 0.25) is 0 Å². The average Bonchev–Trinajstić information content (AvgIpc) is 2.75. The summed E-state index contributed by atoms with van der Waals surface area (Å²) in [5.41, 5.74) is 3.79. The Balaban J connectivity index is 1.74. The molecule has 0 unspecified atom stereocenters. The summed E-state index contributed by atoms with van der Waals surface area (Å²) in [6, 6.07) is 27.3.